The quantitative estimate of drug-likeness (QED) is 0.624. The minimum Gasteiger partial charge on any atom is -0.493 e. The molecule has 2 aromatic carbocycles. The van der Waals surface area contributed by atoms with Gasteiger partial charge in [0.05, 0.1) is 19.1 Å². The van der Waals surface area contributed by atoms with Crippen LogP contribution in [-0.4, -0.2) is 34.7 Å². The smallest absolute Gasteiger partial charge is 0.315 e. The van der Waals surface area contributed by atoms with Crippen LogP contribution in [0.15, 0.2) is 47.4 Å². The molecule has 0 saturated heterocycles. The Morgan fingerprint density at radius 3 is 2.21 bits per heavy atom. The largest absolute Gasteiger partial charge is 0.493 e. The number of hydrogen-bond acceptors (Lipinski definition) is 5. The molecular formula is C19H25N3O5S. The number of carbonyl (C=O) groups excluding carboxylic acids is 1. The number of benzene rings is 2. The molecule has 9 heteroatoms. The highest BCUT2D eigenvalue weighted by atomic mass is 32.2. The van der Waals surface area contributed by atoms with Gasteiger partial charge >= 0.3 is 6.03 Å². The molecule has 0 saturated carbocycles. The SMILES string of the molecule is COc1ccc(S(=O)(=O)Nc2ccc(CNC(=O)NC(C)C)cc2)cc1OC. The second-order valence-corrected chi connectivity index (χ2v) is 7.98. The van der Waals surface area contributed by atoms with E-state index in [1.165, 1.54) is 32.4 Å². The summed E-state index contributed by atoms with van der Waals surface area (Å²) in [4.78, 5) is 11.7. The number of ether oxygens (including phenoxy) is 2. The van der Waals surface area contributed by atoms with E-state index in [0.717, 1.165) is 5.56 Å². The molecule has 0 aliphatic heterocycles. The highest BCUT2D eigenvalue weighted by molar-refractivity contribution is 7.92. The van der Waals surface area contributed by atoms with E-state index in [1.807, 2.05) is 13.8 Å². The van der Waals surface area contributed by atoms with Crippen LogP contribution in [0.3, 0.4) is 0 Å². The van der Waals surface area contributed by atoms with Crippen molar-refractivity contribution >= 4 is 21.7 Å². The highest BCUT2D eigenvalue weighted by Gasteiger charge is 2.17. The molecule has 0 radical (unpaired) electrons. The average Bonchev–Trinajstić information content (AvgIpc) is 2.66. The van der Waals surface area contributed by atoms with Gasteiger partial charge in [-0.2, -0.15) is 0 Å². The standard InChI is InChI=1S/C19H25N3O5S/c1-13(2)21-19(23)20-12-14-5-7-15(8-6-14)22-28(24,25)16-9-10-17(26-3)18(11-16)27-4/h5-11,13,22H,12H2,1-4H3,(H2,20,21,23). The molecule has 28 heavy (non-hydrogen) atoms. The normalized spacial score (nSPS) is 11.0. The summed E-state index contributed by atoms with van der Waals surface area (Å²) in [6, 6.07) is 10.9. The molecule has 0 heterocycles. The third-order valence-electron chi connectivity index (χ3n) is 3.74. The van der Waals surface area contributed by atoms with Gasteiger partial charge in [0.1, 0.15) is 0 Å². The van der Waals surface area contributed by atoms with E-state index in [0.29, 0.717) is 23.7 Å². The van der Waals surface area contributed by atoms with E-state index in [9.17, 15) is 13.2 Å². The van der Waals surface area contributed by atoms with Crippen LogP contribution in [0.25, 0.3) is 0 Å². The van der Waals surface area contributed by atoms with Crippen molar-refractivity contribution in [3.8, 4) is 11.5 Å². The van der Waals surface area contributed by atoms with E-state index in [2.05, 4.69) is 15.4 Å². The minimum atomic E-state index is -3.79. The van der Waals surface area contributed by atoms with Crippen molar-refractivity contribution in [3.63, 3.8) is 0 Å². The number of nitrogens with one attached hydrogen (secondary N) is 3. The average molecular weight is 407 g/mol. The minimum absolute atomic E-state index is 0.0494. The molecule has 3 N–H and O–H groups in total. The van der Waals surface area contributed by atoms with Crippen molar-refractivity contribution in [1.82, 2.24) is 10.6 Å². The van der Waals surface area contributed by atoms with Gasteiger partial charge in [-0.15, -0.1) is 0 Å². The fraction of sp³-hybridized carbons (Fsp3) is 0.316. The topological polar surface area (TPSA) is 106 Å². The molecule has 0 bridgehead atoms. The summed E-state index contributed by atoms with van der Waals surface area (Å²) >= 11 is 0. The van der Waals surface area contributed by atoms with Gasteiger partial charge in [-0.25, -0.2) is 13.2 Å². The molecule has 0 aliphatic rings. The first-order valence-corrected chi connectivity index (χ1v) is 10.1. The Balaban J connectivity index is 2.05. The Morgan fingerprint density at radius 2 is 1.64 bits per heavy atom. The Bertz CT molecular complexity index is 912. The van der Waals surface area contributed by atoms with Gasteiger partial charge in [0, 0.05) is 24.3 Å². The van der Waals surface area contributed by atoms with Gasteiger partial charge in [-0.05, 0) is 43.7 Å². The van der Waals surface area contributed by atoms with Crippen LogP contribution in [0.5, 0.6) is 11.5 Å². The van der Waals surface area contributed by atoms with E-state index in [-0.39, 0.29) is 17.0 Å². The van der Waals surface area contributed by atoms with Crippen molar-refractivity contribution in [2.45, 2.75) is 31.3 Å². The summed E-state index contributed by atoms with van der Waals surface area (Å²) in [7, 11) is -0.869. The first kappa shape index (κ1) is 21.4. The van der Waals surface area contributed by atoms with Gasteiger partial charge in [0.15, 0.2) is 11.5 Å². The maximum atomic E-state index is 12.6. The first-order valence-electron chi connectivity index (χ1n) is 8.63. The fourth-order valence-electron chi connectivity index (χ4n) is 2.38. The second-order valence-electron chi connectivity index (χ2n) is 6.30. The summed E-state index contributed by atoms with van der Waals surface area (Å²) in [6.07, 6.45) is 0. The van der Waals surface area contributed by atoms with Crippen LogP contribution in [0.2, 0.25) is 0 Å². The lowest BCUT2D eigenvalue weighted by molar-refractivity contribution is 0.238. The Labute approximate surface area is 165 Å². The number of anilines is 1. The van der Waals surface area contributed by atoms with E-state index >= 15 is 0 Å². The van der Waals surface area contributed by atoms with Crippen molar-refractivity contribution in [1.29, 1.82) is 0 Å². The molecule has 0 aliphatic carbocycles. The molecule has 0 unspecified atom stereocenters. The van der Waals surface area contributed by atoms with Crippen molar-refractivity contribution < 1.29 is 22.7 Å². The number of methoxy groups -OCH3 is 2. The Kier molecular flexibility index (Phi) is 7.11. The van der Waals surface area contributed by atoms with E-state index < -0.39 is 10.0 Å². The maximum absolute atomic E-state index is 12.6. The third-order valence-corrected chi connectivity index (χ3v) is 5.12. The number of carbonyl (C=O) groups is 1. The van der Waals surface area contributed by atoms with Crippen molar-refractivity contribution in [2.24, 2.45) is 0 Å². The zero-order valence-corrected chi connectivity index (χ0v) is 17.1. The van der Waals surface area contributed by atoms with Gasteiger partial charge in [0.2, 0.25) is 0 Å². The second kappa shape index (κ2) is 9.32. The highest BCUT2D eigenvalue weighted by Crippen LogP contribution is 2.30. The van der Waals surface area contributed by atoms with Gasteiger partial charge in [0.25, 0.3) is 10.0 Å². The summed E-state index contributed by atoms with van der Waals surface area (Å²) in [6.45, 7) is 4.08. The van der Waals surface area contributed by atoms with E-state index in [4.69, 9.17) is 9.47 Å². The van der Waals surface area contributed by atoms with Gasteiger partial charge in [-0.1, -0.05) is 12.1 Å². The summed E-state index contributed by atoms with van der Waals surface area (Å²) < 4.78 is 38.0. The lowest BCUT2D eigenvalue weighted by atomic mass is 10.2. The molecule has 152 valence electrons. The number of amides is 2. The van der Waals surface area contributed by atoms with Gasteiger partial charge in [-0.3, -0.25) is 4.72 Å². The molecule has 2 aromatic rings. The number of urea groups is 1. The summed E-state index contributed by atoms with van der Waals surface area (Å²) in [5, 5.41) is 5.46. The van der Waals surface area contributed by atoms with Gasteiger partial charge < -0.3 is 20.1 Å². The van der Waals surface area contributed by atoms with Crippen LogP contribution in [0.1, 0.15) is 19.4 Å². The molecule has 2 rings (SSSR count). The molecule has 0 atom stereocenters. The molecule has 2 amide bonds. The van der Waals surface area contributed by atoms with Crippen LogP contribution < -0.4 is 24.8 Å². The van der Waals surface area contributed by atoms with Crippen LogP contribution in [0.4, 0.5) is 10.5 Å². The zero-order valence-electron chi connectivity index (χ0n) is 16.3. The predicted octanol–water partition coefficient (Wildman–Crippen LogP) is 2.71. The fourth-order valence-corrected chi connectivity index (χ4v) is 3.46. The van der Waals surface area contributed by atoms with Crippen LogP contribution >= 0.6 is 0 Å². The lowest BCUT2D eigenvalue weighted by Crippen LogP contribution is -2.39. The number of hydrogen-bond donors (Lipinski definition) is 3. The monoisotopic (exact) mass is 407 g/mol. The molecule has 8 nitrogen and oxygen atoms in total. The van der Waals surface area contributed by atoms with Crippen LogP contribution in [0, 0.1) is 0 Å². The summed E-state index contributed by atoms with van der Waals surface area (Å²) in [5.41, 5.74) is 1.25. The Morgan fingerprint density at radius 1 is 1.00 bits per heavy atom. The van der Waals surface area contributed by atoms with Crippen LogP contribution in [-0.2, 0) is 16.6 Å². The van der Waals surface area contributed by atoms with E-state index in [1.54, 1.807) is 24.3 Å². The first-order chi connectivity index (χ1) is 13.2. The van der Waals surface area contributed by atoms with Crippen molar-refractivity contribution in [2.75, 3.05) is 18.9 Å². The molecular weight excluding hydrogens is 382 g/mol. The molecule has 0 fully saturated rings. The maximum Gasteiger partial charge on any atom is 0.315 e. The summed E-state index contributed by atoms with van der Waals surface area (Å²) in [5.74, 6) is 0.770. The number of sulfonamides is 1. The third kappa shape index (κ3) is 5.78. The number of rotatable bonds is 8. The van der Waals surface area contributed by atoms with Crippen molar-refractivity contribution in [3.05, 3.63) is 48.0 Å². The molecule has 0 spiro atoms. The molecule has 0 aromatic heterocycles. The predicted molar refractivity (Wildman–Crippen MR) is 107 cm³/mol. The Hall–Kier alpha value is -2.94. The zero-order chi connectivity index (χ0) is 20.7. The lowest BCUT2D eigenvalue weighted by Gasteiger charge is -2.12.